The Morgan fingerprint density at radius 3 is 2.79 bits per heavy atom. The van der Waals surface area contributed by atoms with Gasteiger partial charge in [-0.3, -0.25) is 10.1 Å². The summed E-state index contributed by atoms with van der Waals surface area (Å²) in [5.74, 6) is -0.145. The average molecular weight is 399 g/mol. The monoisotopic (exact) mass is 398 g/mol. The number of nitrogens with zero attached hydrogens (tertiary/aromatic N) is 2. The molecule has 0 bridgehead atoms. The summed E-state index contributed by atoms with van der Waals surface area (Å²) in [5, 5.41) is 15.4. The Hall–Kier alpha value is -0.880. The standard InChI is InChI=1S/C18H35FN8O/c1-10-15(22-5-4-21-10)12-3-6-26(2)9-13(12)24-18(28)14-16(20)25-27-8-11(19)7-23-17(14)27/h10-17,21-23,25H,3-9,20H2,1-2H3,(H,24,28). The number of carbonyl (C=O) groups is 1. The lowest BCUT2D eigenvalue weighted by Crippen LogP contribution is -2.65. The molecule has 0 aromatic rings. The minimum atomic E-state index is -0.958. The summed E-state index contributed by atoms with van der Waals surface area (Å²) in [6.45, 7) is 6.49. The van der Waals surface area contributed by atoms with Gasteiger partial charge in [0.05, 0.1) is 18.2 Å². The van der Waals surface area contributed by atoms with Crippen molar-refractivity contribution in [1.29, 1.82) is 0 Å². The van der Waals surface area contributed by atoms with Crippen LogP contribution in [0.15, 0.2) is 0 Å². The Labute approximate surface area is 166 Å². The molecule has 1 amide bonds. The molecule has 0 aromatic carbocycles. The molecule has 28 heavy (non-hydrogen) atoms. The quantitative estimate of drug-likeness (QED) is 0.306. The van der Waals surface area contributed by atoms with Gasteiger partial charge in [-0.25, -0.2) is 14.8 Å². The highest BCUT2D eigenvalue weighted by Crippen LogP contribution is 2.26. The predicted molar refractivity (Wildman–Crippen MR) is 105 cm³/mol. The van der Waals surface area contributed by atoms with E-state index in [-0.39, 0.29) is 31.2 Å². The van der Waals surface area contributed by atoms with Crippen molar-refractivity contribution < 1.29 is 9.18 Å². The summed E-state index contributed by atoms with van der Waals surface area (Å²) in [4.78, 5) is 15.5. The van der Waals surface area contributed by atoms with Crippen LogP contribution in [0.5, 0.6) is 0 Å². The van der Waals surface area contributed by atoms with E-state index < -0.39 is 18.3 Å². The Kier molecular flexibility index (Phi) is 6.17. The number of halogens is 1. The predicted octanol–water partition coefficient (Wildman–Crippen LogP) is -2.64. The number of fused-ring (bicyclic) bond motifs is 1. The SMILES string of the molecule is CC1NCCNC1C1CCN(C)CC1NC(=O)C1C(N)NN2CC(F)CNC12. The zero-order valence-corrected chi connectivity index (χ0v) is 16.8. The van der Waals surface area contributed by atoms with Crippen molar-refractivity contribution in [2.75, 3.05) is 46.3 Å². The molecule has 0 radical (unpaired) electrons. The van der Waals surface area contributed by atoms with E-state index in [1.54, 1.807) is 5.01 Å². The van der Waals surface area contributed by atoms with Gasteiger partial charge in [-0.1, -0.05) is 0 Å². The maximum absolute atomic E-state index is 13.7. The number of piperidine rings is 1. The summed E-state index contributed by atoms with van der Waals surface area (Å²) in [6.07, 6.45) is -0.705. The van der Waals surface area contributed by atoms with Gasteiger partial charge in [0.1, 0.15) is 6.17 Å². The van der Waals surface area contributed by atoms with Crippen LogP contribution in [-0.2, 0) is 4.79 Å². The number of nitrogens with two attached hydrogens (primary N) is 1. The Morgan fingerprint density at radius 1 is 1.21 bits per heavy atom. The van der Waals surface area contributed by atoms with E-state index in [1.807, 2.05) is 0 Å². The maximum Gasteiger partial charge on any atom is 0.229 e. The molecule has 4 aliphatic heterocycles. The Morgan fingerprint density at radius 2 is 2.00 bits per heavy atom. The van der Waals surface area contributed by atoms with Crippen molar-refractivity contribution in [2.45, 2.75) is 50.0 Å². The van der Waals surface area contributed by atoms with Crippen molar-refractivity contribution in [3.63, 3.8) is 0 Å². The fourth-order valence-electron chi connectivity index (χ4n) is 5.34. The lowest BCUT2D eigenvalue weighted by Gasteiger charge is -2.45. The zero-order chi connectivity index (χ0) is 19.8. The lowest BCUT2D eigenvalue weighted by atomic mass is 9.81. The van der Waals surface area contributed by atoms with Crippen LogP contribution in [0.2, 0.25) is 0 Å². The van der Waals surface area contributed by atoms with E-state index in [0.29, 0.717) is 18.0 Å². The molecule has 0 aromatic heterocycles. The number of likely N-dealkylation sites (N-methyl/N-ethyl adjacent to an activating group) is 1. The van der Waals surface area contributed by atoms with Crippen molar-refractivity contribution in [3.8, 4) is 0 Å². The number of amides is 1. The second-order valence-corrected chi connectivity index (χ2v) is 8.84. The first-order chi connectivity index (χ1) is 13.4. The number of rotatable bonds is 3. The largest absolute Gasteiger partial charge is 0.351 e. The van der Waals surface area contributed by atoms with Gasteiger partial charge < -0.3 is 26.6 Å². The highest BCUT2D eigenvalue weighted by atomic mass is 19.1. The van der Waals surface area contributed by atoms with Gasteiger partial charge in [0.2, 0.25) is 5.91 Å². The first-order valence-electron chi connectivity index (χ1n) is 10.6. The number of likely N-dealkylation sites (tertiary alicyclic amines) is 1. The van der Waals surface area contributed by atoms with Crippen LogP contribution in [0, 0.1) is 11.8 Å². The third-order valence-electron chi connectivity index (χ3n) is 6.79. The third-order valence-corrected chi connectivity index (χ3v) is 6.79. The lowest BCUT2D eigenvalue weighted by molar-refractivity contribution is -0.128. The van der Waals surface area contributed by atoms with Crippen LogP contribution >= 0.6 is 0 Å². The molecule has 160 valence electrons. The number of hydrogen-bond acceptors (Lipinski definition) is 8. The second kappa shape index (κ2) is 8.47. The van der Waals surface area contributed by atoms with E-state index in [2.05, 4.69) is 45.6 Å². The van der Waals surface area contributed by atoms with Crippen molar-refractivity contribution >= 4 is 5.91 Å². The van der Waals surface area contributed by atoms with Crippen LogP contribution in [0.4, 0.5) is 4.39 Å². The molecule has 7 N–H and O–H groups in total. The Balaban J connectivity index is 1.45. The number of nitrogens with one attached hydrogen (secondary N) is 5. The minimum absolute atomic E-state index is 0.0565. The van der Waals surface area contributed by atoms with Gasteiger partial charge in [0.25, 0.3) is 0 Å². The highest BCUT2D eigenvalue weighted by Gasteiger charge is 2.48. The van der Waals surface area contributed by atoms with Crippen molar-refractivity contribution in [1.82, 2.24) is 36.6 Å². The molecule has 8 atom stereocenters. The molecule has 0 aliphatic carbocycles. The smallest absolute Gasteiger partial charge is 0.229 e. The van der Waals surface area contributed by atoms with Crippen molar-refractivity contribution in [3.05, 3.63) is 0 Å². The molecule has 9 nitrogen and oxygen atoms in total. The maximum atomic E-state index is 13.7. The van der Waals surface area contributed by atoms with Crippen LogP contribution in [0.25, 0.3) is 0 Å². The summed E-state index contributed by atoms with van der Waals surface area (Å²) in [7, 11) is 2.10. The number of hydrazine groups is 1. The fraction of sp³-hybridized carbons (Fsp3) is 0.944. The Bertz CT molecular complexity index is 568. The fourth-order valence-corrected chi connectivity index (χ4v) is 5.34. The molecular formula is C18H35FN8O. The number of carbonyl (C=O) groups excluding carboxylic acids is 1. The van der Waals surface area contributed by atoms with Crippen LogP contribution in [0.1, 0.15) is 13.3 Å². The first-order valence-corrected chi connectivity index (χ1v) is 10.6. The molecule has 8 unspecified atom stereocenters. The van der Waals surface area contributed by atoms with Crippen LogP contribution < -0.4 is 32.4 Å². The second-order valence-electron chi connectivity index (χ2n) is 8.84. The molecule has 4 aliphatic rings. The molecule has 0 saturated carbocycles. The molecule has 10 heteroatoms. The molecule has 0 spiro atoms. The topological polar surface area (TPSA) is 110 Å². The van der Waals surface area contributed by atoms with Gasteiger partial charge >= 0.3 is 0 Å². The average Bonchev–Trinajstić information content (AvgIpc) is 2.97. The van der Waals surface area contributed by atoms with Gasteiger partial charge in [0.15, 0.2) is 0 Å². The van der Waals surface area contributed by atoms with E-state index in [0.717, 1.165) is 32.6 Å². The van der Waals surface area contributed by atoms with E-state index in [9.17, 15) is 9.18 Å². The molecule has 4 saturated heterocycles. The highest BCUT2D eigenvalue weighted by molar-refractivity contribution is 5.80. The van der Waals surface area contributed by atoms with Crippen LogP contribution in [-0.4, -0.2) is 98.8 Å². The summed E-state index contributed by atoms with van der Waals surface area (Å²) in [6, 6.07) is 0.763. The van der Waals surface area contributed by atoms with E-state index in [1.165, 1.54) is 0 Å². The normalized spacial score (nSPS) is 45.6. The zero-order valence-electron chi connectivity index (χ0n) is 16.8. The van der Waals surface area contributed by atoms with E-state index in [4.69, 9.17) is 5.73 Å². The number of hydrogen-bond donors (Lipinski definition) is 6. The molecule has 4 heterocycles. The number of piperazine rings is 1. The van der Waals surface area contributed by atoms with Gasteiger partial charge in [0, 0.05) is 50.8 Å². The van der Waals surface area contributed by atoms with Crippen molar-refractivity contribution in [2.24, 2.45) is 17.6 Å². The summed E-state index contributed by atoms with van der Waals surface area (Å²) >= 11 is 0. The summed E-state index contributed by atoms with van der Waals surface area (Å²) < 4.78 is 13.7. The molecule has 4 rings (SSSR count). The van der Waals surface area contributed by atoms with Gasteiger partial charge in [-0.05, 0) is 32.9 Å². The molecule has 4 fully saturated rings. The summed E-state index contributed by atoms with van der Waals surface area (Å²) in [5.41, 5.74) is 9.27. The van der Waals surface area contributed by atoms with E-state index >= 15 is 0 Å². The minimum Gasteiger partial charge on any atom is -0.351 e. The van der Waals surface area contributed by atoms with Gasteiger partial charge in [-0.2, -0.15) is 0 Å². The van der Waals surface area contributed by atoms with Gasteiger partial charge in [-0.15, -0.1) is 0 Å². The first kappa shape index (κ1) is 20.4. The third kappa shape index (κ3) is 4.04. The number of alkyl halides is 1. The van der Waals surface area contributed by atoms with Crippen LogP contribution in [0.3, 0.4) is 0 Å². The molecular weight excluding hydrogens is 363 g/mol.